The van der Waals surface area contributed by atoms with Crippen LogP contribution in [0.4, 0.5) is 0 Å². The third-order valence-electron chi connectivity index (χ3n) is 3.24. The summed E-state index contributed by atoms with van der Waals surface area (Å²) in [6, 6.07) is 0. The van der Waals surface area contributed by atoms with Gasteiger partial charge in [-0.3, -0.25) is 4.68 Å². The number of nitrogens with zero attached hydrogens (tertiary/aromatic N) is 4. The summed E-state index contributed by atoms with van der Waals surface area (Å²) in [4.78, 5) is 2.40. The summed E-state index contributed by atoms with van der Waals surface area (Å²) in [5, 5.41) is 4.02. The molecule has 1 aliphatic heterocycles. The third-order valence-corrected chi connectivity index (χ3v) is 5.26. The molecule has 0 spiro atoms. The van der Waals surface area contributed by atoms with Crippen molar-refractivity contribution >= 4 is 21.6 Å². The summed E-state index contributed by atoms with van der Waals surface area (Å²) in [6.07, 6.45) is 3.80. The second-order valence-corrected chi connectivity index (χ2v) is 7.00. The second kappa shape index (κ2) is 6.21. The van der Waals surface area contributed by atoms with E-state index >= 15 is 0 Å². The highest BCUT2D eigenvalue weighted by molar-refractivity contribution is 7.89. The average molecular weight is 307 g/mol. The normalized spacial score (nSPS) is 19.5. The Bertz CT molecular complexity index is 517. The number of aromatic nitrogens is 2. The van der Waals surface area contributed by atoms with Crippen molar-refractivity contribution in [2.45, 2.75) is 17.9 Å². The van der Waals surface area contributed by atoms with E-state index < -0.39 is 10.0 Å². The Kier molecular flexibility index (Phi) is 4.83. The molecule has 0 radical (unpaired) electrons. The summed E-state index contributed by atoms with van der Waals surface area (Å²) >= 11 is 5.62. The molecule has 1 aliphatic rings. The lowest BCUT2D eigenvalue weighted by atomic mass is 10.4. The average Bonchev–Trinajstić information content (AvgIpc) is 2.72. The van der Waals surface area contributed by atoms with E-state index in [0.29, 0.717) is 25.5 Å². The standard InChI is InChI=1S/C11H19ClN4O2S/c1-14-4-2-5-16(8-7-14)19(17,18)11-9-13-15(10-11)6-3-12/h9-10H,2-8H2,1H3. The van der Waals surface area contributed by atoms with Gasteiger partial charge in [0, 0.05) is 31.7 Å². The first kappa shape index (κ1) is 14.8. The highest BCUT2D eigenvalue weighted by atomic mass is 35.5. The lowest BCUT2D eigenvalue weighted by molar-refractivity contribution is 0.347. The molecular weight excluding hydrogens is 288 g/mol. The maximum Gasteiger partial charge on any atom is 0.246 e. The van der Waals surface area contributed by atoms with Gasteiger partial charge in [-0.05, 0) is 20.0 Å². The maximum absolute atomic E-state index is 12.5. The fourth-order valence-electron chi connectivity index (χ4n) is 2.10. The fraction of sp³-hybridized carbons (Fsp3) is 0.727. The SMILES string of the molecule is CN1CCCN(S(=O)(=O)c2cnn(CCCl)c2)CC1. The van der Waals surface area contributed by atoms with Crippen LogP contribution in [0.25, 0.3) is 0 Å². The van der Waals surface area contributed by atoms with Crippen molar-refractivity contribution in [3.8, 4) is 0 Å². The predicted molar refractivity (Wildman–Crippen MR) is 73.8 cm³/mol. The summed E-state index contributed by atoms with van der Waals surface area (Å²) in [7, 11) is -1.42. The molecule has 2 rings (SSSR count). The molecule has 108 valence electrons. The Hall–Kier alpha value is -0.630. The van der Waals surface area contributed by atoms with Gasteiger partial charge in [0.2, 0.25) is 10.0 Å². The number of sulfonamides is 1. The summed E-state index contributed by atoms with van der Waals surface area (Å²) < 4.78 is 28.1. The van der Waals surface area contributed by atoms with Crippen LogP contribution in [0.2, 0.25) is 0 Å². The monoisotopic (exact) mass is 306 g/mol. The van der Waals surface area contributed by atoms with Crippen molar-refractivity contribution < 1.29 is 8.42 Å². The molecule has 8 heteroatoms. The van der Waals surface area contributed by atoms with Gasteiger partial charge in [-0.25, -0.2) is 8.42 Å². The van der Waals surface area contributed by atoms with Crippen LogP contribution in [0.1, 0.15) is 6.42 Å². The first-order valence-corrected chi connectivity index (χ1v) is 8.28. The molecule has 0 amide bonds. The van der Waals surface area contributed by atoms with Crippen molar-refractivity contribution in [1.29, 1.82) is 0 Å². The fourth-order valence-corrected chi connectivity index (χ4v) is 3.70. The van der Waals surface area contributed by atoms with Gasteiger partial charge < -0.3 is 4.90 Å². The van der Waals surface area contributed by atoms with Crippen molar-refractivity contribution in [3.05, 3.63) is 12.4 Å². The van der Waals surface area contributed by atoms with Crippen LogP contribution in [0.3, 0.4) is 0 Å². The molecule has 0 atom stereocenters. The number of alkyl halides is 1. The zero-order chi connectivity index (χ0) is 13.9. The number of likely N-dealkylation sites (N-methyl/N-ethyl adjacent to an activating group) is 1. The smallest absolute Gasteiger partial charge is 0.246 e. The quantitative estimate of drug-likeness (QED) is 0.758. The van der Waals surface area contributed by atoms with E-state index in [2.05, 4.69) is 10.00 Å². The lowest BCUT2D eigenvalue weighted by Crippen LogP contribution is -2.34. The molecule has 19 heavy (non-hydrogen) atoms. The Morgan fingerprint density at radius 3 is 2.84 bits per heavy atom. The minimum Gasteiger partial charge on any atom is -0.305 e. The molecule has 0 saturated carbocycles. The van der Waals surface area contributed by atoms with Gasteiger partial charge in [-0.15, -0.1) is 11.6 Å². The topological polar surface area (TPSA) is 58.4 Å². The van der Waals surface area contributed by atoms with Crippen molar-refractivity contribution in [2.75, 3.05) is 39.1 Å². The number of hydrogen-bond donors (Lipinski definition) is 0. The van der Waals surface area contributed by atoms with E-state index in [0.717, 1.165) is 19.5 Å². The van der Waals surface area contributed by atoms with Crippen LogP contribution in [-0.4, -0.2) is 66.5 Å². The van der Waals surface area contributed by atoms with Crippen LogP contribution in [-0.2, 0) is 16.6 Å². The number of hydrogen-bond acceptors (Lipinski definition) is 4. The lowest BCUT2D eigenvalue weighted by Gasteiger charge is -2.19. The molecule has 1 aromatic rings. The molecule has 1 aromatic heterocycles. The van der Waals surface area contributed by atoms with Gasteiger partial charge in [0.05, 0.1) is 12.7 Å². The number of rotatable bonds is 4. The van der Waals surface area contributed by atoms with E-state index in [9.17, 15) is 8.42 Å². The molecule has 1 saturated heterocycles. The minimum atomic E-state index is -3.43. The Morgan fingerprint density at radius 1 is 1.32 bits per heavy atom. The molecule has 6 nitrogen and oxygen atoms in total. The predicted octanol–water partition coefficient (Wildman–Crippen LogP) is 0.448. The largest absolute Gasteiger partial charge is 0.305 e. The molecule has 0 aliphatic carbocycles. The van der Waals surface area contributed by atoms with Gasteiger partial charge in [0.1, 0.15) is 4.90 Å². The zero-order valence-corrected chi connectivity index (χ0v) is 12.6. The van der Waals surface area contributed by atoms with E-state index in [1.54, 1.807) is 15.2 Å². The summed E-state index contributed by atoms with van der Waals surface area (Å²) in [5.41, 5.74) is 0. The highest BCUT2D eigenvalue weighted by Crippen LogP contribution is 2.16. The van der Waals surface area contributed by atoms with E-state index in [-0.39, 0.29) is 4.90 Å². The van der Waals surface area contributed by atoms with E-state index in [1.165, 1.54) is 6.20 Å². The van der Waals surface area contributed by atoms with Crippen LogP contribution < -0.4 is 0 Å². The molecule has 2 heterocycles. The van der Waals surface area contributed by atoms with Gasteiger partial charge in [-0.1, -0.05) is 0 Å². The molecule has 0 N–H and O–H groups in total. The van der Waals surface area contributed by atoms with Crippen LogP contribution in [0.5, 0.6) is 0 Å². The highest BCUT2D eigenvalue weighted by Gasteiger charge is 2.27. The molecular formula is C11H19ClN4O2S. The van der Waals surface area contributed by atoms with Crippen LogP contribution in [0, 0.1) is 0 Å². The Morgan fingerprint density at radius 2 is 2.11 bits per heavy atom. The molecule has 0 unspecified atom stereocenters. The van der Waals surface area contributed by atoms with Crippen molar-refractivity contribution in [3.63, 3.8) is 0 Å². The number of aryl methyl sites for hydroxylation is 1. The molecule has 1 fully saturated rings. The third kappa shape index (κ3) is 3.47. The zero-order valence-electron chi connectivity index (χ0n) is 11.0. The van der Waals surface area contributed by atoms with Crippen LogP contribution in [0.15, 0.2) is 17.3 Å². The second-order valence-electron chi connectivity index (χ2n) is 4.69. The van der Waals surface area contributed by atoms with Gasteiger partial charge >= 0.3 is 0 Å². The van der Waals surface area contributed by atoms with Gasteiger partial charge in [0.15, 0.2) is 0 Å². The number of halogens is 1. The maximum atomic E-state index is 12.5. The van der Waals surface area contributed by atoms with Crippen LogP contribution >= 0.6 is 11.6 Å². The van der Waals surface area contributed by atoms with E-state index in [4.69, 9.17) is 11.6 Å². The first-order valence-electron chi connectivity index (χ1n) is 6.31. The first-order chi connectivity index (χ1) is 9.04. The van der Waals surface area contributed by atoms with E-state index in [1.807, 2.05) is 7.05 Å². The Labute approximate surface area is 119 Å². The molecule has 0 aromatic carbocycles. The van der Waals surface area contributed by atoms with Crippen molar-refractivity contribution in [1.82, 2.24) is 19.0 Å². The van der Waals surface area contributed by atoms with Crippen molar-refractivity contribution in [2.24, 2.45) is 0 Å². The van der Waals surface area contributed by atoms with Gasteiger partial charge in [-0.2, -0.15) is 9.40 Å². The molecule has 0 bridgehead atoms. The Balaban J connectivity index is 2.15. The minimum absolute atomic E-state index is 0.252. The summed E-state index contributed by atoms with van der Waals surface area (Å²) in [6.45, 7) is 3.29. The van der Waals surface area contributed by atoms with Gasteiger partial charge in [0.25, 0.3) is 0 Å². The summed E-state index contributed by atoms with van der Waals surface area (Å²) in [5.74, 6) is 0.412.